The van der Waals surface area contributed by atoms with Crippen LogP contribution in [0.25, 0.3) is 11.1 Å². The summed E-state index contributed by atoms with van der Waals surface area (Å²) in [6.45, 7) is 5.98. The highest BCUT2D eigenvalue weighted by Gasteiger charge is 2.53. The molecule has 2 aliphatic rings. The first kappa shape index (κ1) is 15.5. The van der Waals surface area contributed by atoms with Crippen molar-refractivity contribution in [2.24, 2.45) is 0 Å². The number of benzene rings is 1. The molecule has 2 unspecified atom stereocenters. The maximum Gasteiger partial charge on any atom is 0.302 e. The highest BCUT2D eigenvalue weighted by Crippen LogP contribution is 2.47. The summed E-state index contributed by atoms with van der Waals surface area (Å²) in [7, 11) is 0. The predicted molar refractivity (Wildman–Crippen MR) is 92.8 cm³/mol. The minimum Gasteiger partial charge on any atom is -0.423 e. The average Bonchev–Trinajstić information content (AvgIpc) is 3.13. The molecule has 2 aromatic rings. The van der Waals surface area contributed by atoms with E-state index in [0.29, 0.717) is 17.8 Å². The summed E-state index contributed by atoms with van der Waals surface area (Å²) in [6.07, 6.45) is 1.30. The highest BCUT2D eigenvalue weighted by atomic mass is 32.2. The number of nitrogens with zero attached hydrogens (tertiary/aromatic N) is 2. The van der Waals surface area contributed by atoms with E-state index < -0.39 is 6.04 Å². The topological polar surface area (TPSA) is 75.4 Å². The monoisotopic (exact) mass is 345 g/mol. The number of hydrogen-bond donors (Lipinski definition) is 1. The van der Waals surface area contributed by atoms with Crippen LogP contribution < -0.4 is 5.32 Å². The number of fused-ring (bicyclic) bond motifs is 2. The summed E-state index contributed by atoms with van der Waals surface area (Å²) in [5.41, 5.74) is 3.48. The lowest BCUT2D eigenvalue weighted by Crippen LogP contribution is -2.48. The fraction of sp³-hybridized carbons (Fsp3) is 0.471. The molecule has 0 spiro atoms. The highest BCUT2D eigenvalue weighted by molar-refractivity contribution is 8.01. The van der Waals surface area contributed by atoms with Crippen molar-refractivity contribution in [3.63, 3.8) is 0 Å². The maximum atomic E-state index is 12.7. The van der Waals surface area contributed by atoms with E-state index >= 15 is 0 Å². The molecule has 2 aliphatic heterocycles. The number of aryl methyl sites for hydroxylation is 2. The Labute approximate surface area is 144 Å². The van der Waals surface area contributed by atoms with Crippen molar-refractivity contribution in [2.45, 2.75) is 44.5 Å². The molecule has 0 aliphatic carbocycles. The number of carbonyl (C=O) groups excluding carboxylic acids is 2. The second kappa shape index (κ2) is 5.24. The molecule has 126 valence electrons. The summed E-state index contributed by atoms with van der Waals surface area (Å²) in [5.74, 6) is 0.418. The minimum atomic E-state index is -0.465. The van der Waals surface area contributed by atoms with Gasteiger partial charge in [-0.3, -0.25) is 14.9 Å². The summed E-state index contributed by atoms with van der Waals surface area (Å²) < 4.78 is 5.69. The molecular formula is C17H19N3O3S. The van der Waals surface area contributed by atoms with Gasteiger partial charge in [-0.05, 0) is 44.4 Å². The molecule has 2 saturated heterocycles. The molecule has 0 radical (unpaired) electrons. The van der Waals surface area contributed by atoms with E-state index in [1.165, 1.54) is 0 Å². The number of aromatic nitrogens is 1. The van der Waals surface area contributed by atoms with Crippen molar-refractivity contribution in [3.8, 4) is 0 Å². The third-order valence-corrected chi connectivity index (χ3v) is 6.30. The van der Waals surface area contributed by atoms with Crippen LogP contribution in [-0.4, -0.2) is 38.4 Å². The summed E-state index contributed by atoms with van der Waals surface area (Å²) in [5, 5.41) is 2.75. The Balaban J connectivity index is 1.59. The lowest BCUT2D eigenvalue weighted by atomic mass is 10.1. The molecule has 0 bridgehead atoms. The van der Waals surface area contributed by atoms with E-state index in [1.807, 2.05) is 32.9 Å². The Hall–Kier alpha value is -2.02. The molecule has 7 heteroatoms. The van der Waals surface area contributed by atoms with Gasteiger partial charge in [-0.15, -0.1) is 11.8 Å². The summed E-state index contributed by atoms with van der Waals surface area (Å²) in [6, 6.07) is 3.66. The Morgan fingerprint density at radius 3 is 3.04 bits per heavy atom. The number of oxazole rings is 1. The van der Waals surface area contributed by atoms with Crippen LogP contribution in [0.5, 0.6) is 0 Å². The standard InChI is InChI=1S/C17H19N3O3S/c1-9-6-10(2)14-11(7-9)18-16(23-14)19-15(22)12-8-24-17(3)5-4-13(21)20(12)17/h6-7,12H,4-5,8H2,1-3H3,(H,18,19,22). The van der Waals surface area contributed by atoms with Crippen molar-refractivity contribution in [3.05, 3.63) is 23.3 Å². The van der Waals surface area contributed by atoms with Crippen LogP contribution >= 0.6 is 11.8 Å². The zero-order valence-electron chi connectivity index (χ0n) is 13.9. The van der Waals surface area contributed by atoms with E-state index in [0.717, 1.165) is 23.1 Å². The van der Waals surface area contributed by atoms with Crippen molar-refractivity contribution >= 4 is 40.7 Å². The van der Waals surface area contributed by atoms with Gasteiger partial charge in [0.2, 0.25) is 5.91 Å². The average molecular weight is 345 g/mol. The second-order valence-corrected chi connectivity index (χ2v) is 8.21. The molecule has 1 aromatic heterocycles. The number of anilines is 1. The fourth-order valence-electron chi connectivity index (χ4n) is 3.63. The molecule has 3 heterocycles. The molecule has 1 aromatic carbocycles. The minimum absolute atomic E-state index is 0.0479. The van der Waals surface area contributed by atoms with Gasteiger partial charge in [0.25, 0.3) is 5.91 Å². The summed E-state index contributed by atoms with van der Waals surface area (Å²) in [4.78, 5) is 30.6. The van der Waals surface area contributed by atoms with Gasteiger partial charge in [0.1, 0.15) is 11.6 Å². The lowest BCUT2D eigenvalue weighted by molar-refractivity contribution is -0.136. The number of amides is 2. The van der Waals surface area contributed by atoms with Crippen LogP contribution in [0.2, 0.25) is 0 Å². The molecule has 6 nitrogen and oxygen atoms in total. The SMILES string of the molecule is Cc1cc(C)c2oc(NC(=O)C3CSC4(C)CCC(=O)N34)nc2c1. The molecule has 1 N–H and O–H groups in total. The normalized spacial score (nSPS) is 26.2. The van der Waals surface area contributed by atoms with E-state index in [1.54, 1.807) is 16.7 Å². The van der Waals surface area contributed by atoms with E-state index in [4.69, 9.17) is 4.42 Å². The number of hydrogen-bond acceptors (Lipinski definition) is 5. The molecule has 2 amide bonds. The van der Waals surface area contributed by atoms with Crippen LogP contribution in [0.1, 0.15) is 30.9 Å². The van der Waals surface area contributed by atoms with Crippen LogP contribution in [-0.2, 0) is 9.59 Å². The molecule has 2 atom stereocenters. The number of rotatable bonds is 2. The number of nitrogens with one attached hydrogen (secondary N) is 1. The van der Waals surface area contributed by atoms with Gasteiger partial charge in [0.15, 0.2) is 5.58 Å². The molecular weight excluding hydrogens is 326 g/mol. The van der Waals surface area contributed by atoms with E-state index in [2.05, 4.69) is 10.3 Å². The first-order valence-electron chi connectivity index (χ1n) is 8.02. The second-order valence-electron chi connectivity index (χ2n) is 6.70. The van der Waals surface area contributed by atoms with Crippen LogP contribution in [0.3, 0.4) is 0 Å². The van der Waals surface area contributed by atoms with Gasteiger partial charge in [0.05, 0.1) is 4.87 Å². The van der Waals surface area contributed by atoms with Crippen LogP contribution in [0, 0.1) is 13.8 Å². The smallest absolute Gasteiger partial charge is 0.302 e. The Kier molecular flexibility index (Phi) is 3.38. The van der Waals surface area contributed by atoms with Crippen molar-refractivity contribution in [1.29, 1.82) is 0 Å². The lowest BCUT2D eigenvalue weighted by Gasteiger charge is -2.29. The largest absolute Gasteiger partial charge is 0.423 e. The van der Waals surface area contributed by atoms with Gasteiger partial charge in [0, 0.05) is 12.2 Å². The quantitative estimate of drug-likeness (QED) is 0.906. The molecule has 2 fully saturated rings. The number of carbonyl (C=O) groups is 2. The van der Waals surface area contributed by atoms with Gasteiger partial charge in [-0.2, -0.15) is 4.98 Å². The molecule has 0 saturated carbocycles. The van der Waals surface area contributed by atoms with Crippen LogP contribution in [0.4, 0.5) is 6.01 Å². The zero-order chi connectivity index (χ0) is 17.1. The van der Waals surface area contributed by atoms with E-state index in [9.17, 15) is 9.59 Å². The number of thioether (sulfide) groups is 1. The third kappa shape index (κ3) is 2.30. The Morgan fingerprint density at radius 2 is 2.25 bits per heavy atom. The van der Waals surface area contributed by atoms with Gasteiger partial charge in [-0.1, -0.05) is 6.07 Å². The van der Waals surface area contributed by atoms with E-state index in [-0.39, 0.29) is 22.7 Å². The van der Waals surface area contributed by atoms with Crippen molar-refractivity contribution in [2.75, 3.05) is 11.1 Å². The molecule has 24 heavy (non-hydrogen) atoms. The van der Waals surface area contributed by atoms with Gasteiger partial charge < -0.3 is 9.32 Å². The predicted octanol–water partition coefficient (Wildman–Crippen LogP) is 2.84. The zero-order valence-corrected chi connectivity index (χ0v) is 14.7. The molecule has 4 rings (SSSR count). The van der Waals surface area contributed by atoms with Crippen molar-refractivity contribution in [1.82, 2.24) is 9.88 Å². The third-order valence-electron chi connectivity index (χ3n) is 4.80. The van der Waals surface area contributed by atoms with Crippen LogP contribution in [0.15, 0.2) is 16.5 Å². The van der Waals surface area contributed by atoms with Crippen molar-refractivity contribution < 1.29 is 14.0 Å². The first-order chi connectivity index (χ1) is 11.4. The Morgan fingerprint density at radius 1 is 1.46 bits per heavy atom. The summed E-state index contributed by atoms with van der Waals surface area (Å²) >= 11 is 1.67. The fourth-order valence-corrected chi connectivity index (χ4v) is 5.07. The Bertz CT molecular complexity index is 862. The van der Waals surface area contributed by atoms with Gasteiger partial charge in [-0.25, -0.2) is 0 Å². The van der Waals surface area contributed by atoms with Gasteiger partial charge >= 0.3 is 6.01 Å². The first-order valence-corrected chi connectivity index (χ1v) is 9.01. The maximum absolute atomic E-state index is 12.7.